The second kappa shape index (κ2) is 6.22. The van der Waals surface area contributed by atoms with Crippen LogP contribution in [-0.2, 0) is 6.42 Å². The summed E-state index contributed by atoms with van der Waals surface area (Å²) in [5.74, 6) is -0.245. The Morgan fingerprint density at radius 3 is 3.00 bits per heavy atom. The highest BCUT2D eigenvalue weighted by molar-refractivity contribution is 7.03. The molecule has 1 unspecified atom stereocenters. The van der Waals surface area contributed by atoms with E-state index in [9.17, 15) is 4.39 Å². The van der Waals surface area contributed by atoms with Crippen LogP contribution >= 0.6 is 23.1 Å². The molecule has 6 heteroatoms. The molecule has 1 heterocycles. The van der Waals surface area contributed by atoms with E-state index in [4.69, 9.17) is 11.6 Å². The maximum Gasteiger partial charge on any atom is 0.126 e. The van der Waals surface area contributed by atoms with Crippen LogP contribution in [-0.4, -0.2) is 16.1 Å². The van der Waals surface area contributed by atoms with E-state index >= 15 is 0 Å². The number of hydrogen-bond donors (Lipinski definition) is 1. The van der Waals surface area contributed by atoms with E-state index in [1.54, 1.807) is 12.1 Å². The van der Waals surface area contributed by atoms with Crippen molar-refractivity contribution in [1.29, 1.82) is 0 Å². The number of nitrogens with one attached hydrogen (secondary N) is 1. The van der Waals surface area contributed by atoms with Gasteiger partial charge < -0.3 is 5.32 Å². The van der Waals surface area contributed by atoms with Gasteiger partial charge in [0, 0.05) is 10.4 Å². The van der Waals surface area contributed by atoms with Crippen molar-refractivity contribution < 1.29 is 4.39 Å². The molecule has 1 aromatic carbocycles. The average molecular weight is 286 g/mol. The lowest BCUT2D eigenvalue weighted by atomic mass is 10.0. The molecule has 1 N–H and O–H groups in total. The van der Waals surface area contributed by atoms with Crippen LogP contribution in [0.5, 0.6) is 0 Å². The standard InChI is InChI=1S/C12H13ClFN3S/c1-2-15-11(12-7-18-17-16-12)6-8-5-9(13)3-4-10(8)14/h3-5,7,11,15H,2,6H2,1H3. The first-order valence-corrected chi connectivity index (χ1v) is 6.86. The molecule has 0 saturated heterocycles. The fraction of sp³-hybridized carbons (Fsp3) is 0.333. The zero-order valence-electron chi connectivity index (χ0n) is 9.86. The van der Waals surface area contributed by atoms with Crippen LogP contribution in [0.4, 0.5) is 4.39 Å². The van der Waals surface area contributed by atoms with Gasteiger partial charge in [-0.05, 0) is 48.3 Å². The summed E-state index contributed by atoms with van der Waals surface area (Å²) in [5, 5.41) is 9.72. The summed E-state index contributed by atoms with van der Waals surface area (Å²) in [6, 6.07) is 4.55. The lowest BCUT2D eigenvalue weighted by molar-refractivity contribution is 0.517. The van der Waals surface area contributed by atoms with Gasteiger partial charge in [0.15, 0.2) is 0 Å². The summed E-state index contributed by atoms with van der Waals surface area (Å²) in [6.45, 7) is 2.78. The highest BCUT2D eigenvalue weighted by Crippen LogP contribution is 2.22. The second-order valence-corrected chi connectivity index (χ2v) is 4.93. The first-order valence-electron chi connectivity index (χ1n) is 5.65. The van der Waals surface area contributed by atoms with Gasteiger partial charge in [-0.2, -0.15) is 0 Å². The number of aromatic nitrogens is 2. The third kappa shape index (κ3) is 3.25. The van der Waals surface area contributed by atoms with Crippen LogP contribution in [0.15, 0.2) is 23.6 Å². The number of rotatable bonds is 5. The van der Waals surface area contributed by atoms with Crippen molar-refractivity contribution in [3.63, 3.8) is 0 Å². The van der Waals surface area contributed by atoms with Gasteiger partial charge in [-0.15, -0.1) is 5.10 Å². The molecule has 0 saturated carbocycles. The largest absolute Gasteiger partial charge is 0.309 e. The number of halogens is 2. The first kappa shape index (κ1) is 13.4. The van der Waals surface area contributed by atoms with Gasteiger partial charge in [0.2, 0.25) is 0 Å². The number of nitrogens with zero attached hydrogens (tertiary/aromatic N) is 2. The minimum absolute atomic E-state index is 0.0401. The van der Waals surface area contributed by atoms with Gasteiger partial charge in [-0.25, -0.2) is 4.39 Å². The normalized spacial score (nSPS) is 12.6. The summed E-state index contributed by atoms with van der Waals surface area (Å²) in [6.07, 6.45) is 0.506. The Labute approximate surface area is 114 Å². The molecule has 1 atom stereocenters. The molecule has 1 aromatic heterocycles. The van der Waals surface area contributed by atoms with E-state index in [0.29, 0.717) is 17.0 Å². The van der Waals surface area contributed by atoms with E-state index in [-0.39, 0.29) is 11.9 Å². The van der Waals surface area contributed by atoms with Crippen molar-refractivity contribution in [2.45, 2.75) is 19.4 Å². The molecule has 96 valence electrons. The zero-order chi connectivity index (χ0) is 13.0. The van der Waals surface area contributed by atoms with Gasteiger partial charge in [-0.3, -0.25) is 0 Å². The third-order valence-corrected chi connectivity index (χ3v) is 3.37. The predicted molar refractivity (Wildman–Crippen MR) is 71.4 cm³/mol. The minimum Gasteiger partial charge on any atom is -0.309 e. The summed E-state index contributed by atoms with van der Waals surface area (Å²) in [7, 11) is 0. The monoisotopic (exact) mass is 285 g/mol. The van der Waals surface area contributed by atoms with Crippen LogP contribution in [0.3, 0.4) is 0 Å². The smallest absolute Gasteiger partial charge is 0.126 e. The Hall–Kier alpha value is -1.04. The van der Waals surface area contributed by atoms with Gasteiger partial charge in [0.1, 0.15) is 5.82 Å². The summed E-state index contributed by atoms with van der Waals surface area (Å²) in [5.41, 5.74) is 1.42. The van der Waals surface area contributed by atoms with Crippen molar-refractivity contribution >= 4 is 23.1 Å². The van der Waals surface area contributed by atoms with Gasteiger partial charge in [0.25, 0.3) is 0 Å². The fourth-order valence-electron chi connectivity index (χ4n) is 1.77. The Bertz CT molecular complexity index is 504. The van der Waals surface area contributed by atoms with Gasteiger partial charge >= 0.3 is 0 Å². The third-order valence-electron chi connectivity index (χ3n) is 2.62. The molecule has 18 heavy (non-hydrogen) atoms. The topological polar surface area (TPSA) is 37.8 Å². The Kier molecular flexibility index (Phi) is 4.63. The quantitative estimate of drug-likeness (QED) is 0.916. The molecule has 0 aliphatic heterocycles. The van der Waals surface area contributed by atoms with Crippen molar-refractivity contribution in [3.05, 3.63) is 45.7 Å². The van der Waals surface area contributed by atoms with E-state index in [2.05, 4.69) is 14.9 Å². The summed E-state index contributed by atoms with van der Waals surface area (Å²) >= 11 is 7.18. The van der Waals surface area contributed by atoms with E-state index < -0.39 is 0 Å². The van der Waals surface area contributed by atoms with Crippen molar-refractivity contribution in [1.82, 2.24) is 14.9 Å². The Morgan fingerprint density at radius 1 is 1.50 bits per heavy atom. The van der Waals surface area contributed by atoms with E-state index in [1.807, 2.05) is 12.3 Å². The predicted octanol–water partition coefficient (Wildman–Crippen LogP) is 3.22. The summed E-state index contributed by atoms with van der Waals surface area (Å²) < 4.78 is 17.5. The second-order valence-electron chi connectivity index (χ2n) is 3.88. The summed E-state index contributed by atoms with van der Waals surface area (Å²) in [4.78, 5) is 0. The Balaban J connectivity index is 2.21. The molecule has 0 amide bonds. The molecule has 0 radical (unpaired) electrons. The fourth-order valence-corrected chi connectivity index (χ4v) is 2.47. The Morgan fingerprint density at radius 2 is 2.33 bits per heavy atom. The molecule has 0 aliphatic rings. The molecule has 0 bridgehead atoms. The molecule has 3 nitrogen and oxygen atoms in total. The van der Waals surface area contributed by atoms with E-state index in [0.717, 1.165) is 12.2 Å². The molecular formula is C12H13ClFN3S. The molecule has 0 aliphatic carbocycles. The van der Waals surface area contributed by atoms with Crippen LogP contribution in [0.25, 0.3) is 0 Å². The van der Waals surface area contributed by atoms with Gasteiger partial charge in [0.05, 0.1) is 11.7 Å². The van der Waals surface area contributed by atoms with Crippen LogP contribution in [0.1, 0.15) is 24.2 Å². The maximum absolute atomic E-state index is 13.7. The molecule has 2 aromatic rings. The number of benzene rings is 1. The van der Waals surface area contributed by atoms with E-state index in [1.165, 1.54) is 17.6 Å². The average Bonchev–Trinajstić information content (AvgIpc) is 2.87. The van der Waals surface area contributed by atoms with Crippen LogP contribution < -0.4 is 5.32 Å². The molecule has 0 fully saturated rings. The number of hydrogen-bond acceptors (Lipinski definition) is 4. The van der Waals surface area contributed by atoms with Crippen LogP contribution in [0, 0.1) is 5.82 Å². The highest BCUT2D eigenvalue weighted by atomic mass is 35.5. The van der Waals surface area contributed by atoms with Crippen molar-refractivity contribution in [2.24, 2.45) is 0 Å². The highest BCUT2D eigenvalue weighted by Gasteiger charge is 2.16. The lowest BCUT2D eigenvalue weighted by Gasteiger charge is -2.15. The van der Waals surface area contributed by atoms with Crippen molar-refractivity contribution in [3.8, 4) is 0 Å². The number of likely N-dealkylation sites (N-methyl/N-ethyl adjacent to an activating group) is 1. The van der Waals surface area contributed by atoms with Crippen molar-refractivity contribution in [2.75, 3.05) is 6.54 Å². The molecular weight excluding hydrogens is 273 g/mol. The van der Waals surface area contributed by atoms with Gasteiger partial charge in [-0.1, -0.05) is 23.0 Å². The molecule has 2 rings (SSSR count). The molecule has 0 spiro atoms. The first-order chi connectivity index (χ1) is 8.70. The zero-order valence-corrected chi connectivity index (χ0v) is 11.4. The SMILES string of the molecule is CCNC(Cc1cc(Cl)ccc1F)c1csnn1. The maximum atomic E-state index is 13.7. The lowest BCUT2D eigenvalue weighted by Crippen LogP contribution is -2.23. The van der Waals surface area contributed by atoms with Crippen LogP contribution in [0.2, 0.25) is 5.02 Å². The minimum atomic E-state index is -0.245.